The highest BCUT2D eigenvalue weighted by Gasteiger charge is 2.26. The summed E-state index contributed by atoms with van der Waals surface area (Å²) in [6.07, 6.45) is 0.796. The fourth-order valence-corrected chi connectivity index (χ4v) is 4.24. The molecule has 1 N–H and O–H groups in total. The molecule has 33 heavy (non-hydrogen) atoms. The van der Waals surface area contributed by atoms with Crippen LogP contribution in [0.3, 0.4) is 0 Å². The number of benzene rings is 2. The Morgan fingerprint density at radius 2 is 2.03 bits per heavy atom. The van der Waals surface area contributed by atoms with Crippen LogP contribution in [0, 0.1) is 12.7 Å². The van der Waals surface area contributed by atoms with Gasteiger partial charge in [-0.25, -0.2) is 14.4 Å². The van der Waals surface area contributed by atoms with Crippen LogP contribution < -0.4 is 0 Å². The molecule has 2 aromatic carbocycles. The Bertz CT molecular complexity index is 1300. The largest absolute Gasteiger partial charge is 0.368 e. The van der Waals surface area contributed by atoms with Gasteiger partial charge in [0.25, 0.3) is 0 Å². The van der Waals surface area contributed by atoms with E-state index < -0.39 is 0 Å². The van der Waals surface area contributed by atoms with Crippen LogP contribution in [-0.2, 0) is 16.0 Å². The van der Waals surface area contributed by atoms with E-state index >= 15 is 0 Å². The van der Waals surface area contributed by atoms with Crippen LogP contribution in [0.2, 0.25) is 0 Å². The van der Waals surface area contributed by atoms with Gasteiger partial charge >= 0.3 is 0 Å². The van der Waals surface area contributed by atoms with Gasteiger partial charge in [0.2, 0.25) is 5.91 Å². The summed E-state index contributed by atoms with van der Waals surface area (Å²) >= 11 is 0. The first-order valence-corrected chi connectivity index (χ1v) is 11.1. The van der Waals surface area contributed by atoms with Crippen LogP contribution in [0.4, 0.5) is 4.39 Å². The molecule has 7 heteroatoms. The van der Waals surface area contributed by atoms with Crippen LogP contribution >= 0.6 is 0 Å². The van der Waals surface area contributed by atoms with Crippen molar-refractivity contribution in [2.24, 2.45) is 0 Å². The van der Waals surface area contributed by atoms with Gasteiger partial charge < -0.3 is 14.6 Å². The molecule has 0 aliphatic carbocycles. The fourth-order valence-electron chi connectivity index (χ4n) is 4.24. The molecule has 1 fully saturated rings. The SMILES string of the molecule is Cc1nc2ccc(CCC(=O)N3CCO[C@H](c4cccc(-c5cccc(F)c5)n4)C3)cc2[nH]1. The van der Waals surface area contributed by atoms with Gasteiger partial charge in [-0.1, -0.05) is 24.3 Å². The van der Waals surface area contributed by atoms with Crippen molar-refractivity contribution < 1.29 is 13.9 Å². The number of ether oxygens (including phenoxy) is 1. The number of rotatable bonds is 5. The first-order valence-electron chi connectivity index (χ1n) is 11.1. The highest BCUT2D eigenvalue weighted by Crippen LogP contribution is 2.25. The highest BCUT2D eigenvalue weighted by atomic mass is 19.1. The van der Waals surface area contributed by atoms with E-state index in [-0.39, 0.29) is 17.8 Å². The third-order valence-corrected chi connectivity index (χ3v) is 5.93. The van der Waals surface area contributed by atoms with Crippen molar-refractivity contribution in [1.82, 2.24) is 19.9 Å². The van der Waals surface area contributed by atoms with Gasteiger partial charge in [-0.15, -0.1) is 0 Å². The number of imidazole rings is 1. The molecule has 2 aromatic heterocycles. The van der Waals surface area contributed by atoms with E-state index in [2.05, 4.69) is 21.0 Å². The maximum atomic E-state index is 13.6. The maximum absolute atomic E-state index is 13.6. The number of aryl methyl sites for hydroxylation is 2. The molecule has 0 radical (unpaired) electrons. The lowest BCUT2D eigenvalue weighted by atomic mass is 10.1. The first-order chi connectivity index (χ1) is 16.0. The van der Waals surface area contributed by atoms with E-state index in [1.54, 1.807) is 6.07 Å². The van der Waals surface area contributed by atoms with Crippen molar-refractivity contribution in [2.45, 2.75) is 25.9 Å². The molecule has 5 rings (SSSR count). The summed E-state index contributed by atoms with van der Waals surface area (Å²) < 4.78 is 19.6. The average molecular weight is 445 g/mol. The molecule has 0 spiro atoms. The van der Waals surface area contributed by atoms with Crippen molar-refractivity contribution in [1.29, 1.82) is 0 Å². The van der Waals surface area contributed by atoms with E-state index in [0.717, 1.165) is 28.1 Å². The molecule has 1 aliphatic rings. The summed E-state index contributed by atoms with van der Waals surface area (Å²) in [6, 6.07) is 18.1. The summed E-state index contributed by atoms with van der Waals surface area (Å²) in [4.78, 5) is 27.1. The quantitative estimate of drug-likeness (QED) is 0.488. The number of carbonyl (C=O) groups excluding carboxylic acids is 1. The lowest BCUT2D eigenvalue weighted by Crippen LogP contribution is -2.42. The van der Waals surface area contributed by atoms with Gasteiger partial charge in [0.05, 0.1) is 35.6 Å². The molecule has 1 aliphatic heterocycles. The summed E-state index contributed by atoms with van der Waals surface area (Å²) in [5.74, 6) is 0.686. The van der Waals surface area contributed by atoms with Gasteiger partial charge in [-0.2, -0.15) is 0 Å². The van der Waals surface area contributed by atoms with Crippen molar-refractivity contribution in [3.8, 4) is 11.3 Å². The summed E-state index contributed by atoms with van der Waals surface area (Å²) in [5, 5.41) is 0. The average Bonchev–Trinajstić information content (AvgIpc) is 3.22. The van der Waals surface area contributed by atoms with E-state index in [1.165, 1.54) is 12.1 Å². The van der Waals surface area contributed by atoms with E-state index in [1.807, 2.05) is 48.2 Å². The number of pyridine rings is 1. The smallest absolute Gasteiger partial charge is 0.223 e. The molecule has 1 amide bonds. The van der Waals surface area contributed by atoms with Gasteiger partial charge in [-0.05, 0) is 55.3 Å². The van der Waals surface area contributed by atoms with Gasteiger partial charge in [-0.3, -0.25) is 4.79 Å². The normalized spacial score (nSPS) is 16.3. The molecule has 4 aromatic rings. The Hall–Kier alpha value is -3.58. The number of hydrogen-bond donors (Lipinski definition) is 1. The first kappa shape index (κ1) is 21.3. The molecule has 1 saturated heterocycles. The number of nitrogens with zero attached hydrogens (tertiary/aromatic N) is 3. The maximum Gasteiger partial charge on any atom is 0.223 e. The van der Waals surface area contributed by atoms with Crippen LogP contribution in [0.15, 0.2) is 60.7 Å². The zero-order valence-corrected chi connectivity index (χ0v) is 18.4. The van der Waals surface area contributed by atoms with Crippen LogP contribution in [0.25, 0.3) is 22.3 Å². The van der Waals surface area contributed by atoms with E-state index in [0.29, 0.717) is 43.8 Å². The van der Waals surface area contributed by atoms with Crippen LogP contribution in [-0.4, -0.2) is 45.5 Å². The number of halogens is 1. The molecular weight excluding hydrogens is 419 g/mol. The second-order valence-corrected chi connectivity index (χ2v) is 8.33. The molecule has 0 unspecified atom stereocenters. The number of amides is 1. The predicted molar refractivity (Wildman–Crippen MR) is 124 cm³/mol. The standard InChI is InChI=1S/C26H25FN4O2/c1-17-28-22-10-8-18(14-24(22)29-17)9-11-26(32)31-12-13-33-25(16-31)23-7-3-6-21(30-23)19-4-2-5-20(27)15-19/h2-8,10,14-15,25H,9,11-13,16H2,1H3,(H,28,29)/t25-/m0/s1. The molecule has 0 bridgehead atoms. The van der Waals surface area contributed by atoms with Crippen LogP contribution in [0.5, 0.6) is 0 Å². The van der Waals surface area contributed by atoms with E-state index in [9.17, 15) is 9.18 Å². The number of nitrogens with one attached hydrogen (secondary N) is 1. The van der Waals surface area contributed by atoms with Gasteiger partial charge in [0.1, 0.15) is 17.7 Å². The van der Waals surface area contributed by atoms with Crippen LogP contribution in [0.1, 0.15) is 29.6 Å². The minimum Gasteiger partial charge on any atom is -0.368 e. The third kappa shape index (κ3) is 4.78. The molecular formula is C26H25FN4O2. The third-order valence-electron chi connectivity index (χ3n) is 5.93. The lowest BCUT2D eigenvalue weighted by molar-refractivity contribution is -0.139. The molecule has 1 atom stereocenters. The van der Waals surface area contributed by atoms with Crippen molar-refractivity contribution in [3.63, 3.8) is 0 Å². The lowest BCUT2D eigenvalue weighted by Gasteiger charge is -2.33. The zero-order chi connectivity index (χ0) is 22.8. The monoisotopic (exact) mass is 444 g/mol. The Balaban J connectivity index is 1.24. The Morgan fingerprint density at radius 3 is 2.91 bits per heavy atom. The molecule has 3 heterocycles. The van der Waals surface area contributed by atoms with Crippen molar-refractivity contribution in [3.05, 3.63) is 83.6 Å². The Morgan fingerprint density at radius 1 is 1.15 bits per heavy atom. The number of carbonyl (C=O) groups is 1. The van der Waals surface area contributed by atoms with Gasteiger partial charge in [0, 0.05) is 18.5 Å². The van der Waals surface area contributed by atoms with Crippen molar-refractivity contribution >= 4 is 16.9 Å². The highest BCUT2D eigenvalue weighted by molar-refractivity contribution is 5.78. The Kier molecular flexibility index (Phi) is 5.88. The number of morpholine rings is 1. The number of H-pyrrole nitrogens is 1. The second kappa shape index (κ2) is 9.11. The Labute approximate surface area is 191 Å². The summed E-state index contributed by atoms with van der Waals surface area (Å²) in [6.45, 7) is 3.41. The zero-order valence-electron chi connectivity index (χ0n) is 18.4. The minimum absolute atomic E-state index is 0.102. The summed E-state index contributed by atoms with van der Waals surface area (Å²) in [7, 11) is 0. The van der Waals surface area contributed by atoms with Crippen molar-refractivity contribution in [2.75, 3.05) is 19.7 Å². The topological polar surface area (TPSA) is 71.1 Å². The number of fused-ring (bicyclic) bond motifs is 1. The second-order valence-electron chi connectivity index (χ2n) is 8.33. The molecule has 0 saturated carbocycles. The van der Waals surface area contributed by atoms with Gasteiger partial charge in [0.15, 0.2) is 0 Å². The van der Waals surface area contributed by atoms with E-state index in [4.69, 9.17) is 4.74 Å². The minimum atomic E-state index is -0.305. The number of aromatic amines is 1. The predicted octanol–water partition coefficient (Wildman–Crippen LogP) is 4.61. The molecule has 6 nitrogen and oxygen atoms in total. The number of aromatic nitrogens is 3. The molecule has 168 valence electrons. The fraction of sp³-hybridized carbons (Fsp3) is 0.269. The summed E-state index contributed by atoms with van der Waals surface area (Å²) in [5.41, 5.74) is 5.18. The number of hydrogen-bond acceptors (Lipinski definition) is 4.